The second kappa shape index (κ2) is 50.6. The highest BCUT2D eigenvalue weighted by molar-refractivity contribution is 5.76. The number of hydrogen-bond acceptors (Lipinski definition) is 18. The lowest BCUT2D eigenvalue weighted by molar-refractivity contribution is -0.379. The van der Waals surface area contributed by atoms with Gasteiger partial charge in [0, 0.05) is 6.42 Å². The summed E-state index contributed by atoms with van der Waals surface area (Å²) in [5.74, 6) is -0.247. The van der Waals surface area contributed by atoms with E-state index >= 15 is 0 Å². The van der Waals surface area contributed by atoms with E-state index in [1.165, 1.54) is 161 Å². The monoisotopic (exact) mass is 1240 g/mol. The average molecular weight is 1240 g/mol. The van der Waals surface area contributed by atoms with Crippen LogP contribution in [0, 0.1) is 0 Å². The van der Waals surface area contributed by atoms with E-state index in [0.29, 0.717) is 12.8 Å². The summed E-state index contributed by atoms with van der Waals surface area (Å²) in [5, 5.41) is 120. The van der Waals surface area contributed by atoms with E-state index in [0.717, 1.165) is 64.2 Å². The van der Waals surface area contributed by atoms with Crippen LogP contribution in [-0.4, -0.2) is 193 Å². The first kappa shape index (κ1) is 79.2. The second-order valence-electron chi connectivity index (χ2n) is 25.0. The molecule has 12 N–H and O–H groups in total. The fourth-order valence-electron chi connectivity index (χ4n) is 11.8. The second-order valence-corrected chi connectivity index (χ2v) is 25.0. The van der Waals surface area contributed by atoms with E-state index < -0.39 is 124 Å². The number of hydrogen-bond donors (Lipinski definition) is 12. The molecule has 19 nitrogen and oxygen atoms in total. The molecule has 3 aliphatic rings. The number of rotatable bonds is 53. The van der Waals surface area contributed by atoms with Crippen molar-refractivity contribution in [3.63, 3.8) is 0 Å². The molecular weight excluding hydrogens is 1120 g/mol. The van der Waals surface area contributed by atoms with E-state index in [4.69, 9.17) is 28.4 Å². The molecule has 510 valence electrons. The molecule has 0 aromatic rings. The third-order valence-electron chi connectivity index (χ3n) is 17.5. The van der Waals surface area contributed by atoms with Crippen LogP contribution in [-0.2, 0) is 33.2 Å². The molecule has 17 atom stereocenters. The highest BCUT2D eigenvalue weighted by atomic mass is 16.8. The van der Waals surface area contributed by atoms with E-state index in [1.807, 2.05) is 0 Å². The fourth-order valence-corrected chi connectivity index (χ4v) is 11.8. The number of aliphatic hydroxyl groups is 11. The predicted molar refractivity (Wildman–Crippen MR) is 337 cm³/mol. The Balaban J connectivity index is 1.23. The van der Waals surface area contributed by atoms with Gasteiger partial charge in [0.2, 0.25) is 5.91 Å². The summed E-state index contributed by atoms with van der Waals surface area (Å²) in [5.41, 5.74) is 0. The third kappa shape index (κ3) is 32.9. The standard InChI is InChI=1S/C68H125NO18/c1-3-5-7-9-10-11-12-13-14-15-16-17-18-19-20-21-22-23-24-25-26-27-28-29-30-31-32-33-34-35-36-37-38-39-40-42-44-46-56(74)69-51(52(73)45-43-41-8-6-4-2)50-82-66-62(80)59(77)64(54(48-71)84-66)87-68-63(81)60(78)65(55(49-72)85-68)86-67-61(79)58(76)57(75)53(47-70)83-67/h12-13,15-16,18-19,51-55,57-68,70-73,75-81H,3-11,14,17,20-50H2,1-2H3,(H,69,74)/b13-12-,16-15-,19-18-. The molecular formula is C68H125NO18. The predicted octanol–water partition coefficient (Wildman–Crippen LogP) is 8.83. The summed E-state index contributed by atoms with van der Waals surface area (Å²) in [4.78, 5) is 13.3. The Kier molecular flexibility index (Phi) is 46.0. The molecule has 3 rings (SSSR count). The van der Waals surface area contributed by atoms with Gasteiger partial charge in [-0.25, -0.2) is 0 Å². The van der Waals surface area contributed by atoms with Crippen LogP contribution < -0.4 is 5.32 Å². The highest BCUT2D eigenvalue weighted by Crippen LogP contribution is 2.33. The van der Waals surface area contributed by atoms with E-state index in [9.17, 15) is 61.0 Å². The maximum atomic E-state index is 13.3. The number of amides is 1. The molecule has 19 heteroatoms. The van der Waals surface area contributed by atoms with E-state index in [1.54, 1.807) is 0 Å². The Bertz CT molecular complexity index is 1720. The molecule has 87 heavy (non-hydrogen) atoms. The smallest absolute Gasteiger partial charge is 0.220 e. The summed E-state index contributed by atoms with van der Waals surface area (Å²) in [6, 6.07) is -0.881. The normalized spacial score (nSPS) is 28.8. The minimum absolute atomic E-state index is 0.247. The van der Waals surface area contributed by atoms with Gasteiger partial charge in [-0.05, 0) is 51.4 Å². The Morgan fingerprint density at radius 1 is 0.414 bits per heavy atom. The Morgan fingerprint density at radius 2 is 0.759 bits per heavy atom. The molecule has 0 saturated carbocycles. The van der Waals surface area contributed by atoms with Crippen LogP contribution >= 0.6 is 0 Å². The van der Waals surface area contributed by atoms with Gasteiger partial charge in [-0.2, -0.15) is 0 Å². The molecule has 0 spiro atoms. The highest BCUT2D eigenvalue weighted by Gasteiger charge is 2.53. The van der Waals surface area contributed by atoms with Crippen molar-refractivity contribution in [1.29, 1.82) is 0 Å². The first-order chi connectivity index (χ1) is 42.3. The quantitative estimate of drug-likeness (QED) is 0.0200. The molecule has 3 heterocycles. The fraction of sp³-hybridized carbons (Fsp3) is 0.897. The van der Waals surface area contributed by atoms with E-state index in [-0.39, 0.29) is 18.9 Å². The maximum absolute atomic E-state index is 13.3. The largest absolute Gasteiger partial charge is 0.394 e. The van der Waals surface area contributed by atoms with Gasteiger partial charge in [0.1, 0.15) is 73.2 Å². The zero-order valence-electron chi connectivity index (χ0n) is 53.8. The SMILES string of the molecule is CCCCCCC/C=C\C/C=C\C/C=C\CCCCCCCCCCCCCCCCCCCCCCCCC(=O)NC(COC1OC(CO)C(OC2OC(CO)C(OC3OC(CO)C(O)C(O)C3O)C(O)C2O)C(O)C1O)C(O)CCCCCCC. The lowest BCUT2D eigenvalue weighted by Gasteiger charge is -2.48. The summed E-state index contributed by atoms with van der Waals surface area (Å²) in [6.45, 7) is 1.68. The molecule has 0 aromatic heterocycles. The molecule has 0 aliphatic carbocycles. The average Bonchev–Trinajstić information content (AvgIpc) is 2.33. The number of nitrogens with one attached hydrogen (secondary N) is 1. The van der Waals surface area contributed by atoms with Crippen LogP contribution in [0.15, 0.2) is 36.5 Å². The molecule has 3 fully saturated rings. The van der Waals surface area contributed by atoms with Crippen molar-refractivity contribution >= 4 is 5.91 Å². The van der Waals surface area contributed by atoms with Gasteiger partial charge in [0.05, 0.1) is 38.6 Å². The van der Waals surface area contributed by atoms with Crippen LogP contribution in [0.4, 0.5) is 0 Å². The molecule has 3 saturated heterocycles. The number of ether oxygens (including phenoxy) is 6. The van der Waals surface area contributed by atoms with E-state index in [2.05, 4.69) is 55.6 Å². The van der Waals surface area contributed by atoms with Crippen molar-refractivity contribution in [2.45, 2.75) is 362 Å². The molecule has 0 radical (unpaired) electrons. The van der Waals surface area contributed by atoms with Crippen LogP contribution in [0.3, 0.4) is 0 Å². The Labute approximate surface area is 523 Å². The molecule has 17 unspecified atom stereocenters. The lowest BCUT2D eigenvalue weighted by atomic mass is 9.96. The zero-order chi connectivity index (χ0) is 63.3. The lowest BCUT2D eigenvalue weighted by Crippen LogP contribution is -2.66. The van der Waals surface area contributed by atoms with Gasteiger partial charge in [-0.15, -0.1) is 0 Å². The van der Waals surface area contributed by atoms with Crippen molar-refractivity contribution in [2.75, 3.05) is 26.4 Å². The number of unbranched alkanes of at least 4 members (excludes halogenated alkanes) is 31. The number of aliphatic hydroxyl groups excluding tert-OH is 11. The molecule has 0 aromatic carbocycles. The minimum atomic E-state index is -1.97. The third-order valence-corrected chi connectivity index (χ3v) is 17.5. The Morgan fingerprint density at radius 3 is 1.18 bits per heavy atom. The minimum Gasteiger partial charge on any atom is -0.394 e. The number of carbonyl (C=O) groups excluding carboxylic acids is 1. The van der Waals surface area contributed by atoms with Crippen LogP contribution in [0.1, 0.15) is 258 Å². The maximum Gasteiger partial charge on any atom is 0.220 e. The van der Waals surface area contributed by atoms with Gasteiger partial charge in [0.25, 0.3) is 0 Å². The summed E-state index contributed by atoms with van der Waals surface area (Å²) >= 11 is 0. The van der Waals surface area contributed by atoms with Crippen LogP contribution in [0.25, 0.3) is 0 Å². The summed E-state index contributed by atoms with van der Waals surface area (Å²) in [7, 11) is 0. The van der Waals surface area contributed by atoms with Gasteiger partial charge in [0.15, 0.2) is 18.9 Å². The number of allylic oxidation sites excluding steroid dienone is 6. The Hall–Kier alpha value is -1.99. The van der Waals surface area contributed by atoms with Gasteiger partial charge < -0.3 is 89.9 Å². The summed E-state index contributed by atoms with van der Waals surface area (Å²) in [6.07, 6.45) is 32.1. The first-order valence-electron chi connectivity index (χ1n) is 34.7. The van der Waals surface area contributed by atoms with Gasteiger partial charge >= 0.3 is 0 Å². The molecule has 1 amide bonds. The van der Waals surface area contributed by atoms with Crippen molar-refractivity contribution in [3.05, 3.63) is 36.5 Å². The van der Waals surface area contributed by atoms with Crippen LogP contribution in [0.2, 0.25) is 0 Å². The van der Waals surface area contributed by atoms with Crippen molar-refractivity contribution in [1.82, 2.24) is 5.32 Å². The molecule has 0 bridgehead atoms. The van der Waals surface area contributed by atoms with Crippen molar-refractivity contribution in [3.8, 4) is 0 Å². The number of carbonyl (C=O) groups is 1. The first-order valence-corrected chi connectivity index (χ1v) is 34.7. The van der Waals surface area contributed by atoms with Crippen LogP contribution in [0.5, 0.6) is 0 Å². The summed E-state index contributed by atoms with van der Waals surface area (Å²) < 4.78 is 34.2. The van der Waals surface area contributed by atoms with Crippen molar-refractivity contribution < 1.29 is 89.4 Å². The molecule has 3 aliphatic heterocycles. The van der Waals surface area contributed by atoms with Gasteiger partial charge in [-0.3, -0.25) is 4.79 Å². The zero-order valence-corrected chi connectivity index (χ0v) is 53.8. The van der Waals surface area contributed by atoms with Crippen molar-refractivity contribution in [2.24, 2.45) is 0 Å². The van der Waals surface area contributed by atoms with Gasteiger partial charge in [-0.1, -0.05) is 237 Å². The topological polar surface area (TPSA) is 307 Å².